The lowest BCUT2D eigenvalue weighted by atomic mass is 10.2. The summed E-state index contributed by atoms with van der Waals surface area (Å²) >= 11 is 6.78. The molecule has 9 heteroatoms. The summed E-state index contributed by atoms with van der Waals surface area (Å²) in [6, 6.07) is 3.76. The molecule has 0 aliphatic rings. The molecule has 2 N–H and O–H groups in total. The Labute approximate surface area is 124 Å². The average Bonchev–Trinajstić information content (AvgIpc) is 2.75. The Kier molecular flexibility index (Phi) is 3.98. The maximum Gasteiger partial charge on any atom is 0.335 e. The van der Waals surface area contributed by atoms with Gasteiger partial charge in [-0.3, -0.25) is 4.72 Å². The average molecular weight is 333 g/mol. The number of anilines is 1. The van der Waals surface area contributed by atoms with Crippen molar-refractivity contribution in [3.63, 3.8) is 0 Å². The van der Waals surface area contributed by atoms with E-state index in [-0.39, 0.29) is 20.5 Å². The molecule has 2 aromatic rings. The van der Waals surface area contributed by atoms with E-state index in [0.717, 1.165) is 11.3 Å². The number of carboxylic acid groups (broad SMARTS) is 1. The number of aromatic carboxylic acids is 1. The molecule has 1 aromatic carbocycles. The van der Waals surface area contributed by atoms with Crippen molar-refractivity contribution in [2.75, 3.05) is 4.72 Å². The highest BCUT2D eigenvalue weighted by molar-refractivity contribution is 7.94. The largest absolute Gasteiger partial charge is 0.478 e. The van der Waals surface area contributed by atoms with Crippen molar-refractivity contribution in [3.8, 4) is 0 Å². The highest BCUT2D eigenvalue weighted by atomic mass is 35.5. The molecule has 0 saturated heterocycles. The maximum absolute atomic E-state index is 12.1. The van der Waals surface area contributed by atoms with E-state index in [2.05, 4.69) is 9.71 Å². The number of nitrogens with zero attached hydrogens (tertiary/aromatic N) is 1. The number of nitrogens with one attached hydrogen (secondary N) is 1. The quantitative estimate of drug-likeness (QED) is 0.897. The zero-order valence-corrected chi connectivity index (χ0v) is 12.5. The predicted molar refractivity (Wildman–Crippen MR) is 76.1 cm³/mol. The van der Waals surface area contributed by atoms with Crippen molar-refractivity contribution in [1.29, 1.82) is 0 Å². The molecule has 0 unspecified atom stereocenters. The van der Waals surface area contributed by atoms with Crippen molar-refractivity contribution in [2.24, 2.45) is 0 Å². The van der Waals surface area contributed by atoms with Crippen molar-refractivity contribution in [2.45, 2.75) is 11.1 Å². The zero-order chi connectivity index (χ0) is 14.9. The van der Waals surface area contributed by atoms with Gasteiger partial charge >= 0.3 is 5.97 Å². The van der Waals surface area contributed by atoms with Crippen LogP contribution in [0.2, 0.25) is 5.02 Å². The fraction of sp³-hybridized carbons (Fsp3) is 0.0909. The number of carboxylic acids is 1. The Hall–Kier alpha value is -1.64. The van der Waals surface area contributed by atoms with Crippen LogP contribution in [0.3, 0.4) is 0 Å². The zero-order valence-electron chi connectivity index (χ0n) is 10.1. The van der Waals surface area contributed by atoms with E-state index in [0.29, 0.717) is 5.01 Å². The fourth-order valence-corrected chi connectivity index (χ4v) is 3.83. The monoisotopic (exact) mass is 332 g/mol. The van der Waals surface area contributed by atoms with Crippen LogP contribution in [0.4, 0.5) is 5.69 Å². The van der Waals surface area contributed by atoms with Crippen LogP contribution >= 0.6 is 22.9 Å². The summed E-state index contributed by atoms with van der Waals surface area (Å²) in [7, 11) is -3.80. The predicted octanol–water partition coefficient (Wildman–Crippen LogP) is 2.60. The topological polar surface area (TPSA) is 96.4 Å². The van der Waals surface area contributed by atoms with Crippen LogP contribution in [-0.4, -0.2) is 24.5 Å². The smallest absolute Gasteiger partial charge is 0.335 e. The molecule has 0 spiro atoms. The molecule has 6 nitrogen and oxygen atoms in total. The first-order valence-corrected chi connectivity index (χ1v) is 7.95. The van der Waals surface area contributed by atoms with Crippen LogP contribution in [0.1, 0.15) is 15.4 Å². The van der Waals surface area contributed by atoms with E-state index in [4.69, 9.17) is 16.7 Å². The normalized spacial score (nSPS) is 11.3. The first kappa shape index (κ1) is 14.8. The van der Waals surface area contributed by atoms with Crippen molar-refractivity contribution in [1.82, 2.24) is 4.98 Å². The summed E-state index contributed by atoms with van der Waals surface area (Å²) in [6.07, 6.45) is 1.24. The number of rotatable bonds is 4. The SMILES string of the molecule is Cc1ncc(S(=O)(=O)Nc2cc(Cl)cc(C(=O)O)c2)s1. The van der Waals surface area contributed by atoms with Crippen molar-refractivity contribution in [3.05, 3.63) is 40.0 Å². The third-order valence-electron chi connectivity index (χ3n) is 2.26. The molecule has 0 aliphatic carbocycles. The van der Waals surface area contributed by atoms with E-state index < -0.39 is 16.0 Å². The number of hydrogen-bond donors (Lipinski definition) is 2. The molecule has 1 aromatic heterocycles. The number of benzene rings is 1. The lowest BCUT2D eigenvalue weighted by molar-refractivity contribution is 0.0697. The maximum atomic E-state index is 12.1. The highest BCUT2D eigenvalue weighted by Gasteiger charge is 2.18. The number of hydrogen-bond acceptors (Lipinski definition) is 5. The standard InChI is InChI=1S/C11H9ClN2O4S2/c1-6-13-5-10(19-6)20(17,18)14-9-3-7(11(15)16)2-8(12)4-9/h2-5,14H,1H3,(H,15,16). The summed E-state index contributed by atoms with van der Waals surface area (Å²) in [5.41, 5.74) is -0.0170. The van der Waals surface area contributed by atoms with Gasteiger partial charge in [0, 0.05) is 5.02 Å². The Morgan fingerprint density at radius 1 is 1.40 bits per heavy atom. The summed E-state index contributed by atoms with van der Waals surface area (Å²) in [6.45, 7) is 1.69. The van der Waals surface area contributed by atoms with Crippen LogP contribution in [0.15, 0.2) is 28.6 Å². The van der Waals surface area contributed by atoms with Crippen molar-refractivity contribution < 1.29 is 18.3 Å². The first-order valence-electron chi connectivity index (χ1n) is 5.27. The van der Waals surface area contributed by atoms with Gasteiger partial charge in [0.25, 0.3) is 10.0 Å². The lowest BCUT2D eigenvalue weighted by Crippen LogP contribution is -2.12. The molecule has 2 rings (SSSR count). The van der Waals surface area contributed by atoms with Crippen molar-refractivity contribution >= 4 is 44.6 Å². The third-order valence-corrected chi connectivity index (χ3v) is 5.24. The minimum Gasteiger partial charge on any atom is -0.478 e. The van der Waals surface area contributed by atoms with E-state index in [9.17, 15) is 13.2 Å². The first-order chi connectivity index (χ1) is 9.28. The molecule has 0 fully saturated rings. The fourth-order valence-electron chi connectivity index (χ4n) is 1.44. The highest BCUT2D eigenvalue weighted by Crippen LogP contribution is 2.24. The van der Waals surface area contributed by atoms with Gasteiger partial charge in [0.2, 0.25) is 0 Å². The minimum atomic E-state index is -3.80. The van der Waals surface area contributed by atoms with Gasteiger partial charge in [-0.15, -0.1) is 11.3 Å². The second-order valence-corrected chi connectivity index (χ2v) is 7.42. The van der Waals surface area contributed by atoms with Gasteiger partial charge in [0.15, 0.2) is 4.21 Å². The number of carbonyl (C=O) groups is 1. The Bertz CT molecular complexity index is 770. The van der Waals surface area contributed by atoms with Gasteiger partial charge in [-0.05, 0) is 25.1 Å². The molecule has 0 amide bonds. The molecule has 0 bridgehead atoms. The number of aryl methyl sites for hydroxylation is 1. The van der Waals surface area contributed by atoms with E-state index >= 15 is 0 Å². The van der Waals surface area contributed by atoms with Gasteiger partial charge in [-0.2, -0.15) is 0 Å². The van der Waals surface area contributed by atoms with Gasteiger partial charge < -0.3 is 5.11 Å². The molecule has 0 aliphatic heterocycles. The van der Waals surface area contributed by atoms with Gasteiger partial charge in [-0.25, -0.2) is 18.2 Å². The van der Waals surface area contributed by atoms with Crippen LogP contribution in [0.25, 0.3) is 0 Å². The molecular weight excluding hydrogens is 324 g/mol. The van der Waals surface area contributed by atoms with Gasteiger partial charge in [0.05, 0.1) is 22.5 Å². The summed E-state index contributed by atoms with van der Waals surface area (Å²) in [5.74, 6) is -1.19. The Balaban J connectivity index is 2.37. The van der Waals surface area contributed by atoms with Crippen LogP contribution in [0.5, 0.6) is 0 Å². The van der Waals surface area contributed by atoms with E-state index in [1.807, 2.05) is 0 Å². The van der Waals surface area contributed by atoms with E-state index in [1.54, 1.807) is 6.92 Å². The molecule has 0 saturated carbocycles. The number of aromatic nitrogens is 1. The molecule has 1 heterocycles. The minimum absolute atomic E-state index is 0.0480. The van der Waals surface area contributed by atoms with Crippen LogP contribution in [-0.2, 0) is 10.0 Å². The number of halogens is 1. The second kappa shape index (κ2) is 5.39. The molecule has 0 radical (unpaired) electrons. The Morgan fingerprint density at radius 2 is 2.10 bits per heavy atom. The van der Waals surface area contributed by atoms with Crippen LogP contribution in [0, 0.1) is 6.92 Å². The van der Waals surface area contributed by atoms with Gasteiger partial charge in [-0.1, -0.05) is 11.6 Å². The third kappa shape index (κ3) is 3.27. The summed E-state index contributed by atoms with van der Waals surface area (Å²) in [4.78, 5) is 14.8. The number of thiazole rings is 1. The molecule has 106 valence electrons. The lowest BCUT2D eigenvalue weighted by Gasteiger charge is -2.07. The van der Waals surface area contributed by atoms with E-state index in [1.165, 1.54) is 24.4 Å². The summed E-state index contributed by atoms with van der Waals surface area (Å²) in [5, 5.41) is 9.65. The number of sulfonamides is 1. The second-order valence-electron chi connectivity index (χ2n) is 3.84. The Morgan fingerprint density at radius 3 is 2.65 bits per heavy atom. The van der Waals surface area contributed by atoms with Crippen LogP contribution < -0.4 is 4.72 Å². The molecular formula is C11H9ClN2O4S2. The van der Waals surface area contributed by atoms with Gasteiger partial charge in [0.1, 0.15) is 0 Å². The summed E-state index contributed by atoms with van der Waals surface area (Å²) < 4.78 is 26.5. The molecule has 0 atom stereocenters. The molecule has 20 heavy (non-hydrogen) atoms.